The van der Waals surface area contributed by atoms with Crippen LogP contribution < -0.4 is 0 Å². The van der Waals surface area contributed by atoms with Crippen LogP contribution in [0, 0.1) is 5.82 Å². The Morgan fingerprint density at radius 2 is 1.95 bits per heavy atom. The topological polar surface area (TPSA) is 38.0 Å². The van der Waals surface area contributed by atoms with Gasteiger partial charge < -0.3 is 5.11 Å². The van der Waals surface area contributed by atoms with Crippen molar-refractivity contribution in [3.05, 3.63) is 53.6 Å². The number of hydrogen-bond acceptors (Lipinski definition) is 2. The zero-order valence-corrected chi connectivity index (χ0v) is 11.3. The minimum atomic E-state index is -0.803. The molecule has 19 heavy (non-hydrogen) atoms. The van der Waals surface area contributed by atoms with Crippen LogP contribution in [0.3, 0.4) is 0 Å². The van der Waals surface area contributed by atoms with Crippen molar-refractivity contribution in [2.24, 2.45) is 7.05 Å². The summed E-state index contributed by atoms with van der Waals surface area (Å²) in [6.07, 6.45) is 3.68. The van der Waals surface area contributed by atoms with Crippen LogP contribution in [0.1, 0.15) is 24.6 Å². The number of rotatable bonds is 5. The molecule has 1 aromatic carbocycles. The lowest BCUT2D eigenvalue weighted by atomic mass is 9.91. The van der Waals surface area contributed by atoms with Gasteiger partial charge in [0.2, 0.25) is 0 Å². The Morgan fingerprint density at radius 3 is 2.53 bits per heavy atom. The van der Waals surface area contributed by atoms with Gasteiger partial charge in [-0.3, -0.25) is 4.68 Å². The van der Waals surface area contributed by atoms with E-state index in [1.54, 1.807) is 18.3 Å². The lowest BCUT2D eigenvalue weighted by Gasteiger charge is -2.23. The Hall–Kier alpha value is -1.68. The highest BCUT2D eigenvalue weighted by atomic mass is 19.1. The Bertz CT molecular complexity index is 531. The third kappa shape index (κ3) is 3.89. The largest absolute Gasteiger partial charge is 0.390 e. The van der Waals surface area contributed by atoms with Gasteiger partial charge in [-0.1, -0.05) is 12.1 Å². The molecule has 1 unspecified atom stereocenters. The first-order chi connectivity index (χ1) is 8.96. The van der Waals surface area contributed by atoms with Gasteiger partial charge in [-0.15, -0.1) is 0 Å². The van der Waals surface area contributed by atoms with E-state index in [1.165, 1.54) is 12.1 Å². The first-order valence-corrected chi connectivity index (χ1v) is 6.40. The van der Waals surface area contributed by atoms with Crippen molar-refractivity contribution >= 4 is 0 Å². The maximum Gasteiger partial charge on any atom is 0.123 e. The molecule has 3 nitrogen and oxygen atoms in total. The summed E-state index contributed by atoms with van der Waals surface area (Å²) in [4.78, 5) is 0. The zero-order valence-electron chi connectivity index (χ0n) is 11.3. The highest BCUT2D eigenvalue weighted by Gasteiger charge is 2.21. The van der Waals surface area contributed by atoms with Crippen LogP contribution in [0.5, 0.6) is 0 Å². The molecule has 0 radical (unpaired) electrons. The number of aromatic nitrogens is 2. The molecule has 1 N–H and O–H groups in total. The number of halogens is 1. The second kappa shape index (κ2) is 5.53. The van der Waals surface area contributed by atoms with Crippen LogP contribution in [0.4, 0.5) is 4.39 Å². The van der Waals surface area contributed by atoms with Crippen LogP contribution >= 0.6 is 0 Å². The summed E-state index contributed by atoms with van der Waals surface area (Å²) in [6.45, 7) is 1.81. The summed E-state index contributed by atoms with van der Waals surface area (Å²) in [7, 11) is 1.89. The number of nitrogens with zero attached hydrogens (tertiary/aromatic N) is 2. The third-order valence-electron chi connectivity index (χ3n) is 3.34. The molecule has 1 aromatic heterocycles. The highest BCUT2D eigenvalue weighted by Crippen LogP contribution is 2.19. The van der Waals surface area contributed by atoms with Crippen LogP contribution in [0.15, 0.2) is 36.5 Å². The molecule has 4 heteroatoms. The van der Waals surface area contributed by atoms with Crippen molar-refractivity contribution in [3.63, 3.8) is 0 Å². The summed E-state index contributed by atoms with van der Waals surface area (Å²) < 4.78 is 14.6. The van der Waals surface area contributed by atoms with Crippen LogP contribution in [-0.4, -0.2) is 20.5 Å². The van der Waals surface area contributed by atoms with E-state index in [1.807, 2.05) is 24.7 Å². The van der Waals surface area contributed by atoms with Crippen LogP contribution in [0.25, 0.3) is 0 Å². The number of aliphatic hydroxyl groups is 1. The average molecular weight is 262 g/mol. The standard InChI is InChI=1S/C15H19FN2O/c1-15(19,9-7-14-8-10-17-18(14)2)11-12-3-5-13(16)6-4-12/h3-6,8,10,19H,7,9,11H2,1-2H3. The second-order valence-corrected chi connectivity index (χ2v) is 5.25. The predicted octanol–water partition coefficient (Wildman–Crippen LogP) is 2.49. The SMILES string of the molecule is Cn1nccc1CCC(C)(O)Cc1ccc(F)cc1. The molecule has 0 spiro atoms. The Labute approximate surface area is 112 Å². The lowest BCUT2D eigenvalue weighted by molar-refractivity contribution is 0.0511. The predicted molar refractivity (Wildman–Crippen MR) is 72.3 cm³/mol. The van der Waals surface area contributed by atoms with Crippen molar-refractivity contribution < 1.29 is 9.50 Å². The monoisotopic (exact) mass is 262 g/mol. The molecule has 1 atom stereocenters. The summed E-state index contributed by atoms with van der Waals surface area (Å²) in [6, 6.07) is 8.23. The summed E-state index contributed by atoms with van der Waals surface area (Å²) in [5.41, 5.74) is 1.23. The van der Waals surface area contributed by atoms with Crippen LogP contribution in [0.2, 0.25) is 0 Å². The maximum absolute atomic E-state index is 12.8. The molecule has 0 amide bonds. The fourth-order valence-electron chi connectivity index (χ4n) is 2.17. The van der Waals surface area contributed by atoms with E-state index >= 15 is 0 Å². The average Bonchev–Trinajstić information content (AvgIpc) is 2.75. The Balaban J connectivity index is 1.94. The van der Waals surface area contributed by atoms with Crippen molar-refractivity contribution in [3.8, 4) is 0 Å². The quantitative estimate of drug-likeness (QED) is 0.899. The zero-order chi connectivity index (χ0) is 13.9. The van der Waals surface area contributed by atoms with E-state index in [2.05, 4.69) is 5.10 Å². The fraction of sp³-hybridized carbons (Fsp3) is 0.400. The van der Waals surface area contributed by atoms with Gasteiger partial charge in [0.25, 0.3) is 0 Å². The van der Waals surface area contributed by atoms with Gasteiger partial charge in [0.1, 0.15) is 5.82 Å². The normalized spacial score (nSPS) is 14.3. The molecule has 0 fully saturated rings. The van der Waals surface area contributed by atoms with Gasteiger partial charge in [0.15, 0.2) is 0 Å². The van der Waals surface area contributed by atoms with Gasteiger partial charge >= 0.3 is 0 Å². The Kier molecular flexibility index (Phi) is 4.00. The number of hydrogen-bond donors (Lipinski definition) is 1. The van der Waals surface area contributed by atoms with Crippen LogP contribution in [-0.2, 0) is 19.9 Å². The molecule has 0 saturated heterocycles. The number of aryl methyl sites for hydroxylation is 2. The van der Waals surface area contributed by atoms with Gasteiger partial charge in [-0.25, -0.2) is 4.39 Å². The minimum absolute atomic E-state index is 0.252. The van der Waals surface area contributed by atoms with E-state index < -0.39 is 5.60 Å². The van der Waals surface area contributed by atoms with E-state index in [-0.39, 0.29) is 5.82 Å². The molecular formula is C15H19FN2O. The molecule has 0 aliphatic rings. The van der Waals surface area contributed by atoms with Crippen molar-refractivity contribution in [1.82, 2.24) is 9.78 Å². The summed E-state index contributed by atoms with van der Waals surface area (Å²) in [5.74, 6) is -0.252. The third-order valence-corrected chi connectivity index (χ3v) is 3.34. The van der Waals surface area contributed by atoms with Gasteiger partial charge in [-0.05, 0) is 43.5 Å². The van der Waals surface area contributed by atoms with Crippen molar-refractivity contribution in [2.45, 2.75) is 31.8 Å². The smallest absolute Gasteiger partial charge is 0.123 e. The van der Waals surface area contributed by atoms with Crippen molar-refractivity contribution in [2.75, 3.05) is 0 Å². The van der Waals surface area contributed by atoms with Gasteiger partial charge in [0.05, 0.1) is 5.60 Å². The molecule has 0 saturated carbocycles. The minimum Gasteiger partial charge on any atom is -0.390 e. The molecule has 1 heterocycles. The first-order valence-electron chi connectivity index (χ1n) is 6.40. The van der Waals surface area contributed by atoms with E-state index in [0.29, 0.717) is 12.8 Å². The van der Waals surface area contributed by atoms with E-state index in [4.69, 9.17) is 0 Å². The fourth-order valence-corrected chi connectivity index (χ4v) is 2.17. The summed E-state index contributed by atoms with van der Waals surface area (Å²) in [5, 5.41) is 14.5. The molecule has 2 rings (SSSR count). The molecule has 0 bridgehead atoms. The first kappa shape index (κ1) is 13.7. The van der Waals surface area contributed by atoms with E-state index in [9.17, 15) is 9.50 Å². The Morgan fingerprint density at radius 1 is 1.26 bits per heavy atom. The van der Waals surface area contributed by atoms with Crippen molar-refractivity contribution in [1.29, 1.82) is 0 Å². The highest BCUT2D eigenvalue weighted by molar-refractivity contribution is 5.18. The summed E-state index contributed by atoms with van der Waals surface area (Å²) >= 11 is 0. The van der Waals surface area contributed by atoms with Gasteiger partial charge in [-0.2, -0.15) is 5.10 Å². The molecule has 102 valence electrons. The van der Waals surface area contributed by atoms with E-state index in [0.717, 1.165) is 17.7 Å². The van der Waals surface area contributed by atoms with Gasteiger partial charge in [0, 0.05) is 25.4 Å². The molecule has 2 aromatic rings. The maximum atomic E-state index is 12.8. The second-order valence-electron chi connectivity index (χ2n) is 5.25. The molecule has 0 aliphatic carbocycles. The molecular weight excluding hydrogens is 243 g/mol. The lowest BCUT2D eigenvalue weighted by Crippen LogP contribution is -2.28. The molecule has 0 aliphatic heterocycles. The number of benzene rings is 1.